The number of amides is 3. The smallest absolute Gasteiger partial charge is 0.325 e. The molecule has 1 aromatic rings. The quantitative estimate of drug-likeness (QED) is 0.0407. The third-order valence-corrected chi connectivity index (χ3v) is 9.94. The van der Waals surface area contributed by atoms with Gasteiger partial charge in [-0.15, -0.1) is 0 Å². The van der Waals surface area contributed by atoms with Gasteiger partial charge in [0.05, 0.1) is 18.2 Å². The summed E-state index contributed by atoms with van der Waals surface area (Å²) in [6.07, 6.45) is 10.3. The van der Waals surface area contributed by atoms with Crippen molar-refractivity contribution in [2.75, 3.05) is 20.6 Å². The summed E-state index contributed by atoms with van der Waals surface area (Å²) in [6.45, 7) is 12.9. The first-order chi connectivity index (χ1) is 28.1. The van der Waals surface area contributed by atoms with Gasteiger partial charge < -0.3 is 40.5 Å². The molecule has 14 heteroatoms. The van der Waals surface area contributed by atoms with Crippen LogP contribution >= 0.6 is 0 Å². The molecular formula is C45H69N5O9. The Bertz CT molecular complexity index is 1590. The molecule has 8 atom stereocenters. The number of nitrogens with zero attached hydrogens (tertiary/aromatic N) is 1. The van der Waals surface area contributed by atoms with Crippen molar-refractivity contribution in [1.29, 1.82) is 0 Å². The van der Waals surface area contributed by atoms with Crippen molar-refractivity contribution >= 4 is 35.8 Å². The van der Waals surface area contributed by atoms with E-state index < -0.39 is 54.2 Å². The summed E-state index contributed by atoms with van der Waals surface area (Å²) in [5, 5.41) is 31.1. The van der Waals surface area contributed by atoms with E-state index in [0.29, 0.717) is 31.2 Å². The largest absolute Gasteiger partial charge is 0.456 e. The maximum absolute atomic E-state index is 14.0. The number of hydrazine groups is 1. The van der Waals surface area contributed by atoms with Gasteiger partial charge in [0.25, 0.3) is 5.91 Å². The van der Waals surface area contributed by atoms with Crippen molar-refractivity contribution in [3.8, 4) is 0 Å². The zero-order valence-corrected chi connectivity index (χ0v) is 36.4. The summed E-state index contributed by atoms with van der Waals surface area (Å²) in [5.74, 6) is -3.17. The first-order valence-corrected chi connectivity index (χ1v) is 20.6. The minimum atomic E-state index is -1.14. The third-order valence-electron chi connectivity index (χ3n) is 9.94. The Morgan fingerprint density at radius 1 is 1.00 bits per heavy atom. The zero-order chi connectivity index (χ0) is 44.5. The number of ether oxygens (including phenoxy) is 1. The molecule has 59 heavy (non-hydrogen) atoms. The number of rotatable bonds is 23. The second-order valence-corrected chi connectivity index (χ2v) is 14.8. The molecule has 2 rings (SSSR count). The van der Waals surface area contributed by atoms with Gasteiger partial charge in [-0.3, -0.25) is 24.2 Å². The van der Waals surface area contributed by atoms with E-state index in [4.69, 9.17) is 4.74 Å². The van der Waals surface area contributed by atoms with Crippen LogP contribution in [0, 0.1) is 17.8 Å². The van der Waals surface area contributed by atoms with Crippen LogP contribution in [0.1, 0.15) is 86.1 Å². The van der Waals surface area contributed by atoms with Crippen molar-refractivity contribution in [2.45, 2.75) is 123 Å². The normalized spacial score (nSPS) is 18.3. The third kappa shape index (κ3) is 18.8. The Hall–Kier alpha value is -4.76. The number of nitrogens with one attached hydrogen (secondary N) is 4. The summed E-state index contributed by atoms with van der Waals surface area (Å²) in [5.41, 5.74) is 4.54. The fraction of sp³-hybridized carbons (Fsp3) is 0.556. The summed E-state index contributed by atoms with van der Waals surface area (Å²) in [6, 6.07) is 7.11. The predicted octanol–water partition coefficient (Wildman–Crippen LogP) is 3.68. The van der Waals surface area contributed by atoms with Gasteiger partial charge in [0.2, 0.25) is 11.8 Å². The molecule has 5 unspecified atom stereocenters. The fourth-order valence-electron chi connectivity index (χ4n) is 6.32. The lowest BCUT2D eigenvalue weighted by Crippen LogP contribution is -2.61. The Kier molecular flexibility index (Phi) is 25.4. The van der Waals surface area contributed by atoms with E-state index >= 15 is 0 Å². The van der Waals surface area contributed by atoms with Crippen LogP contribution in [0.2, 0.25) is 0 Å². The number of allylic oxidation sites excluding steroid dienone is 4. The Balaban J connectivity index is 0.00000856. The minimum absolute atomic E-state index is 0.0213. The molecule has 0 saturated carbocycles. The van der Waals surface area contributed by atoms with Gasteiger partial charge in [-0.1, -0.05) is 101 Å². The molecule has 1 fully saturated rings. The number of carbonyl (C=O) groups is 6. The van der Waals surface area contributed by atoms with Gasteiger partial charge in [-0.2, -0.15) is 0 Å². The average Bonchev–Trinajstić information content (AvgIpc) is 3.23. The molecule has 0 spiro atoms. The van der Waals surface area contributed by atoms with Gasteiger partial charge in [-0.05, 0) is 57.2 Å². The maximum Gasteiger partial charge on any atom is 0.325 e. The van der Waals surface area contributed by atoms with Crippen LogP contribution in [0.25, 0.3) is 0 Å². The number of ketones is 1. The zero-order valence-electron chi connectivity index (χ0n) is 36.4. The second kappa shape index (κ2) is 28.6. The number of hydrogen-bond donors (Lipinski definition) is 6. The molecule has 328 valence electrons. The SMILES string of the molecule is CC.CNC(=O)/C=C/C=C(\C)[C@H](C/C=C/C=C/[C@H](O)C(C)C(O)[C@H](C=O)CCC(C)=O)OC(=O)C1CCCN(C(=O)C(Cc2ccccc2)NC(=O)C(NC)C(C)C)N1. The summed E-state index contributed by atoms with van der Waals surface area (Å²) in [4.78, 5) is 75.6. The number of esters is 1. The van der Waals surface area contributed by atoms with Crippen molar-refractivity contribution in [2.24, 2.45) is 17.8 Å². The Morgan fingerprint density at radius 2 is 1.68 bits per heavy atom. The summed E-state index contributed by atoms with van der Waals surface area (Å²) >= 11 is 0. The number of aldehydes is 1. The van der Waals surface area contributed by atoms with Crippen LogP contribution < -0.4 is 21.4 Å². The number of aliphatic hydroxyl groups is 2. The molecule has 0 bridgehead atoms. The molecule has 1 aliphatic rings. The van der Waals surface area contributed by atoms with Gasteiger partial charge in [0, 0.05) is 50.8 Å². The van der Waals surface area contributed by atoms with Crippen molar-refractivity contribution in [3.63, 3.8) is 0 Å². The highest BCUT2D eigenvalue weighted by molar-refractivity contribution is 5.90. The number of carbonyl (C=O) groups excluding carboxylic acids is 6. The minimum Gasteiger partial charge on any atom is -0.456 e. The predicted molar refractivity (Wildman–Crippen MR) is 229 cm³/mol. The highest BCUT2D eigenvalue weighted by Gasteiger charge is 2.35. The molecule has 1 aliphatic heterocycles. The number of benzene rings is 1. The van der Waals surface area contributed by atoms with Crippen LogP contribution in [-0.2, 0) is 39.9 Å². The molecule has 1 aromatic carbocycles. The van der Waals surface area contributed by atoms with E-state index in [0.717, 1.165) is 5.56 Å². The van der Waals surface area contributed by atoms with Crippen LogP contribution in [0.15, 0.2) is 78.4 Å². The van der Waals surface area contributed by atoms with Gasteiger partial charge in [0.1, 0.15) is 30.3 Å². The Labute approximate surface area is 351 Å². The van der Waals surface area contributed by atoms with E-state index in [2.05, 4.69) is 21.4 Å². The molecule has 1 saturated heterocycles. The number of Topliss-reactive ketones (excluding diaryl/α,β-unsaturated/α-hetero) is 1. The van der Waals surface area contributed by atoms with E-state index in [1.807, 2.05) is 58.0 Å². The summed E-state index contributed by atoms with van der Waals surface area (Å²) in [7, 11) is 3.20. The van der Waals surface area contributed by atoms with E-state index in [1.54, 1.807) is 51.3 Å². The molecule has 0 radical (unpaired) electrons. The second-order valence-electron chi connectivity index (χ2n) is 14.8. The average molecular weight is 824 g/mol. The molecule has 0 aliphatic carbocycles. The van der Waals surface area contributed by atoms with Crippen LogP contribution in [0.4, 0.5) is 0 Å². The number of hydrogen-bond acceptors (Lipinski definition) is 11. The molecular weight excluding hydrogens is 755 g/mol. The Morgan fingerprint density at radius 3 is 2.27 bits per heavy atom. The fourth-order valence-corrected chi connectivity index (χ4v) is 6.32. The molecule has 3 amide bonds. The van der Waals surface area contributed by atoms with Gasteiger partial charge in [0.15, 0.2) is 0 Å². The molecule has 1 heterocycles. The monoisotopic (exact) mass is 824 g/mol. The molecule has 6 N–H and O–H groups in total. The van der Waals surface area contributed by atoms with Gasteiger partial charge >= 0.3 is 5.97 Å². The van der Waals surface area contributed by atoms with Gasteiger partial charge in [-0.25, -0.2) is 5.43 Å². The lowest BCUT2D eigenvalue weighted by atomic mass is 9.86. The van der Waals surface area contributed by atoms with Crippen molar-refractivity contribution in [1.82, 2.24) is 26.4 Å². The lowest BCUT2D eigenvalue weighted by molar-refractivity contribution is -0.156. The number of aliphatic hydroxyl groups excluding tert-OH is 2. The van der Waals surface area contributed by atoms with Crippen LogP contribution in [0.5, 0.6) is 0 Å². The maximum atomic E-state index is 14.0. The van der Waals surface area contributed by atoms with E-state index in [9.17, 15) is 39.0 Å². The van der Waals surface area contributed by atoms with Crippen LogP contribution in [-0.4, -0.2) is 108 Å². The van der Waals surface area contributed by atoms with E-state index in [-0.39, 0.29) is 55.1 Å². The molecule has 14 nitrogen and oxygen atoms in total. The highest BCUT2D eigenvalue weighted by atomic mass is 16.5. The summed E-state index contributed by atoms with van der Waals surface area (Å²) < 4.78 is 6.00. The standard InChI is InChI=1S/C43H63N5O9.C2H6/c1-28(2)39(45-7)41(54)46-35(26-32-17-10-8-11-18-32)42(55)48-25-15-19-34(47-48)43(56)57-37(29(3)16-14-22-38(52)44-6)21-13-9-12-20-36(51)31(5)40(53)33(27-49)24-23-30(4)50;1-2/h8-14,16-18,20,22,27-28,31,33-37,39-40,45,47,51,53H,15,19,21,23-26H2,1-7H3,(H,44,52)(H,46,54);1-2H3/b13-9+,20-12+,22-14+,29-16+;/t31?,33-,34?,35?,36-,37-,39?,40?;/m0./s1. The first kappa shape index (κ1) is 52.3. The topological polar surface area (TPSA) is 203 Å². The lowest BCUT2D eigenvalue weighted by Gasteiger charge is -2.36. The van der Waals surface area contributed by atoms with Crippen molar-refractivity contribution in [3.05, 3.63) is 84.0 Å². The highest BCUT2D eigenvalue weighted by Crippen LogP contribution is 2.21. The van der Waals surface area contributed by atoms with Crippen molar-refractivity contribution < 1.29 is 43.7 Å². The first-order valence-electron chi connectivity index (χ1n) is 20.6. The van der Waals surface area contributed by atoms with E-state index in [1.165, 1.54) is 31.1 Å². The number of likely N-dealkylation sites (N-methyl/N-ethyl adjacent to an activating group) is 2. The molecule has 0 aromatic heterocycles. The van der Waals surface area contributed by atoms with Crippen LogP contribution in [0.3, 0.4) is 0 Å².